The largest absolute Gasteiger partial charge is 0.330 e. The lowest BCUT2D eigenvalue weighted by Gasteiger charge is -2.22. The summed E-state index contributed by atoms with van der Waals surface area (Å²) in [6.07, 6.45) is 0.854. The summed E-state index contributed by atoms with van der Waals surface area (Å²) in [5.41, 5.74) is 5.22. The third-order valence-electron chi connectivity index (χ3n) is 1.89. The maximum Gasteiger partial charge on any atom is 0.142 e. The molecule has 66 valence electrons. The summed E-state index contributed by atoms with van der Waals surface area (Å²) >= 11 is 0. The van der Waals surface area contributed by atoms with Gasteiger partial charge in [-0.05, 0) is 6.42 Å². The third kappa shape index (κ3) is 3.02. The van der Waals surface area contributed by atoms with Crippen molar-refractivity contribution < 1.29 is 4.79 Å². The second kappa shape index (κ2) is 3.86. The number of hydrogen-bond acceptors (Lipinski definition) is 2. The predicted molar refractivity (Wildman–Crippen MR) is 47.3 cm³/mol. The van der Waals surface area contributed by atoms with Gasteiger partial charge in [0.05, 0.1) is 0 Å². The molecule has 0 amide bonds. The highest BCUT2D eigenvalue weighted by Crippen LogP contribution is 2.21. The van der Waals surface area contributed by atoms with E-state index >= 15 is 0 Å². The van der Waals surface area contributed by atoms with Crippen LogP contribution >= 0.6 is 0 Å². The highest BCUT2D eigenvalue weighted by molar-refractivity contribution is 5.86. The number of hydrogen-bond donors (Lipinski definition) is 1. The minimum absolute atomic E-state index is 0.0509. The summed E-state index contributed by atoms with van der Waals surface area (Å²) in [5, 5.41) is 0. The van der Waals surface area contributed by atoms with E-state index in [9.17, 15) is 4.79 Å². The molecule has 1 atom stereocenters. The van der Waals surface area contributed by atoms with E-state index in [-0.39, 0.29) is 17.1 Å². The van der Waals surface area contributed by atoms with Crippen LogP contribution in [-0.4, -0.2) is 12.3 Å². The molecule has 0 aliphatic heterocycles. The van der Waals surface area contributed by atoms with Gasteiger partial charge in [-0.2, -0.15) is 0 Å². The summed E-state index contributed by atoms with van der Waals surface area (Å²) in [4.78, 5) is 11.5. The Morgan fingerprint density at radius 3 is 2.00 bits per heavy atom. The zero-order chi connectivity index (χ0) is 9.07. The van der Waals surface area contributed by atoms with E-state index in [4.69, 9.17) is 5.73 Å². The van der Waals surface area contributed by atoms with Crippen LogP contribution in [0.2, 0.25) is 0 Å². The summed E-state index contributed by atoms with van der Waals surface area (Å²) in [6.45, 7) is 8.29. The zero-order valence-electron chi connectivity index (χ0n) is 7.98. The molecule has 2 nitrogen and oxygen atoms in total. The fourth-order valence-electron chi connectivity index (χ4n) is 1.07. The number of carbonyl (C=O) groups is 1. The Labute approximate surface area is 69.2 Å². The standard InChI is InChI=1S/C9H19NO/c1-5-7(6-10)8(11)9(2,3)4/h7H,5-6,10H2,1-4H3. The third-order valence-corrected chi connectivity index (χ3v) is 1.89. The van der Waals surface area contributed by atoms with Crippen molar-refractivity contribution in [3.8, 4) is 0 Å². The minimum atomic E-state index is -0.236. The van der Waals surface area contributed by atoms with Crippen molar-refractivity contribution in [2.75, 3.05) is 6.54 Å². The average molecular weight is 157 g/mol. The van der Waals surface area contributed by atoms with Crippen LogP contribution in [0.1, 0.15) is 34.1 Å². The maximum atomic E-state index is 11.5. The van der Waals surface area contributed by atoms with Crippen molar-refractivity contribution in [2.24, 2.45) is 17.1 Å². The average Bonchev–Trinajstić information content (AvgIpc) is 1.88. The summed E-state index contributed by atoms with van der Waals surface area (Å²) in [5.74, 6) is 0.331. The highest BCUT2D eigenvalue weighted by atomic mass is 16.1. The van der Waals surface area contributed by atoms with E-state index in [2.05, 4.69) is 0 Å². The van der Waals surface area contributed by atoms with Gasteiger partial charge in [0.15, 0.2) is 0 Å². The molecule has 0 heterocycles. The summed E-state index contributed by atoms with van der Waals surface area (Å²) in [6, 6.07) is 0. The van der Waals surface area contributed by atoms with Crippen LogP contribution in [0.4, 0.5) is 0 Å². The van der Waals surface area contributed by atoms with Gasteiger partial charge in [-0.25, -0.2) is 0 Å². The van der Waals surface area contributed by atoms with Crippen LogP contribution in [0.15, 0.2) is 0 Å². The Balaban J connectivity index is 4.22. The molecule has 0 aromatic heterocycles. The zero-order valence-corrected chi connectivity index (χ0v) is 7.98. The molecule has 2 heteroatoms. The van der Waals surface area contributed by atoms with Crippen LogP contribution in [0.3, 0.4) is 0 Å². The molecule has 0 spiro atoms. The quantitative estimate of drug-likeness (QED) is 0.676. The molecule has 0 rings (SSSR count). The number of carbonyl (C=O) groups excluding carboxylic acids is 1. The van der Waals surface area contributed by atoms with Gasteiger partial charge in [0.2, 0.25) is 0 Å². The maximum absolute atomic E-state index is 11.5. The lowest BCUT2D eigenvalue weighted by atomic mass is 9.82. The Morgan fingerprint density at radius 1 is 1.45 bits per heavy atom. The molecule has 0 aliphatic carbocycles. The van der Waals surface area contributed by atoms with Gasteiger partial charge < -0.3 is 5.73 Å². The van der Waals surface area contributed by atoms with E-state index < -0.39 is 0 Å². The fraction of sp³-hybridized carbons (Fsp3) is 0.889. The molecule has 0 aromatic rings. The van der Waals surface area contributed by atoms with Crippen molar-refractivity contribution in [2.45, 2.75) is 34.1 Å². The lowest BCUT2D eigenvalue weighted by molar-refractivity contribution is -0.130. The van der Waals surface area contributed by atoms with Crippen LogP contribution in [0.25, 0.3) is 0 Å². The van der Waals surface area contributed by atoms with E-state index in [0.29, 0.717) is 6.54 Å². The molecule has 2 N–H and O–H groups in total. The van der Waals surface area contributed by atoms with Crippen LogP contribution in [0.5, 0.6) is 0 Å². The molecular weight excluding hydrogens is 138 g/mol. The normalized spacial score (nSPS) is 14.6. The molecule has 1 unspecified atom stereocenters. The van der Waals surface area contributed by atoms with Gasteiger partial charge in [0, 0.05) is 17.9 Å². The number of Topliss-reactive ketones (excluding diaryl/α,β-unsaturated/α-hetero) is 1. The number of rotatable bonds is 3. The van der Waals surface area contributed by atoms with Crippen molar-refractivity contribution in [3.63, 3.8) is 0 Å². The molecule has 0 saturated heterocycles. The van der Waals surface area contributed by atoms with Gasteiger partial charge >= 0.3 is 0 Å². The van der Waals surface area contributed by atoms with Crippen molar-refractivity contribution in [3.05, 3.63) is 0 Å². The Kier molecular flexibility index (Phi) is 3.73. The van der Waals surface area contributed by atoms with Crippen molar-refractivity contribution in [1.29, 1.82) is 0 Å². The van der Waals surface area contributed by atoms with Crippen LogP contribution < -0.4 is 5.73 Å². The molecule has 0 radical (unpaired) electrons. The first-order chi connectivity index (χ1) is 4.93. The van der Waals surface area contributed by atoms with E-state index in [0.717, 1.165) is 6.42 Å². The molecular formula is C9H19NO. The molecule has 0 aliphatic rings. The van der Waals surface area contributed by atoms with Gasteiger partial charge in [0.1, 0.15) is 5.78 Å². The second-order valence-corrected chi connectivity index (χ2v) is 3.96. The predicted octanol–water partition coefficient (Wildman–Crippen LogP) is 1.59. The number of nitrogens with two attached hydrogens (primary N) is 1. The van der Waals surface area contributed by atoms with Gasteiger partial charge in [-0.15, -0.1) is 0 Å². The second-order valence-electron chi connectivity index (χ2n) is 3.96. The van der Waals surface area contributed by atoms with Crippen LogP contribution in [-0.2, 0) is 4.79 Å². The SMILES string of the molecule is CCC(CN)C(=O)C(C)(C)C. The van der Waals surface area contributed by atoms with E-state index in [1.807, 2.05) is 27.7 Å². The topological polar surface area (TPSA) is 43.1 Å². The van der Waals surface area contributed by atoms with Crippen molar-refractivity contribution in [1.82, 2.24) is 0 Å². The van der Waals surface area contributed by atoms with Gasteiger partial charge in [-0.3, -0.25) is 4.79 Å². The molecule has 0 saturated carbocycles. The Morgan fingerprint density at radius 2 is 1.91 bits per heavy atom. The molecule has 11 heavy (non-hydrogen) atoms. The lowest BCUT2D eigenvalue weighted by Crippen LogP contribution is -2.32. The van der Waals surface area contributed by atoms with Crippen LogP contribution in [0, 0.1) is 11.3 Å². The molecule has 0 bridgehead atoms. The van der Waals surface area contributed by atoms with Crippen molar-refractivity contribution >= 4 is 5.78 Å². The summed E-state index contributed by atoms with van der Waals surface area (Å²) in [7, 11) is 0. The van der Waals surface area contributed by atoms with Gasteiger partial charge in [-0.1, -0.05) is 27.7 Å². The van der Waals surface area contributed by atoms with Gasteiger partial charge in [0.25, 0.3) is 0 Å². The Bertz CT molecular complexity index is 131. The first-order valence-corrected chi connectivity index (χ1v) is 4.17. The van der Waals surface area contributed by atoms with E-state index in [1.54, 1.807) is 0 Å². The Hall–Kier alpha value is -0.370. The minimum Gasteiger partial charge on any atom is -0.330 e. The fourth-order valence-corrected chi connectivity index (χ4v) is 1.07. The molecule has 0 fully saturated rings. The smallest absolute Gasteiger partial charge is 0.142 e. The number of ketones is 1. The first-order valence-electron chi connectivity index (χ1n) is 4.17. The molecule has 0 aromatic carbocycles. The summed E-state index contributed by atoms with van der Waals surface area (Å²) < 4.78 is 0. The monoisotopic (exact) mass is 157 g/mol. The first kappa shape index (κ1) is 10.6. The van der Waals surface area contributed by atoms with E-state index in [1.165, 1.54) is 0 Å². The highest BCUT2D eigenvalue weighted by Gasteiger charge is 2.26.